The summed E-state index contributed by atoms with van der Waals surface area (Å²) in [4.78, 5) is 34.5. The Morgan fingerprint density at radius 2 is 2.36 bits per heavy atom. The zero-order valence-electron chi connectivity index (χ0n) is 12.2. The van der Waals surface area contributed by atoms with Gasteiger partial charge in [0, 0.05) is 12.3 Å². The first-order valence-corrected chi connectivity index (χ1v) is 7.03. The number of ether oxygens (including phenoxy) is 1. The molecule has 1 aliphatic rings. The van der Waals surface area contributed by atoms with Gasteiger partial charge < -0.3 is 9.84 Å². The van der Waals surface area contributed by atoms with Crippen LogP contribution in [0.2, 0.25) is 0 Å². The van der Waals surface area contributed by atoms with E-state index in [0.29, 0.717) is 12.1 Å². The molecular formula is C13H17N5O4. The standard InChI is InChI=1S/C13H17N5O4/c1-6(2)11(20)16-13-15-10-9(12(21)17-13)14-5-18(10)8-3-7(19)4-22-8/h5-8,19H,3-4H2,1-2H3,(H2,15,16,17,20,21). The van der Waals surface area contributed by atoms with Gasteiger partial charge >= 0.3 is 0 Å². The quantitative estimate of drug-likeness (QED) is 0.733. The minimum absolute atomic E-state index is 0.0662. The summed E-state index contributed by atoms with van der Waals surface area (Å²) in [5.74, 6) is -0.420. The summed E-state index contributed by atoms with van der Waals surface area (Å²) in [5, 5.41) is 12.1. The van der Waals surface area contributed by atoms with Gasteiger partial charge in [0.2, 0.25) is 11.9 Å². The summed E-state index contributed by atoms with van der Waals surface area (Å²) in [6, 6.07) is 0. The molecule has 2 aromatic rings. The Bertz CT molecular complexity index is 765. The zero-order chi connectivity index (χ0) is 15.9. The molecule has 0 spiro atoms. The van der Waals surface area contributed by atoms with Crippen molar-refractivity contribution in [1.29, 1.82) is 0 Å². The Kier molecular flexibility index (Phi) is 3.67. The van der Waals surface area contributed by atoms with E-state index >= 15 is 0 Å². The molecule has 2 atom stereocenters. The summed E-state index contributed by atoms with van der Waals surface area (Å²) >= 11 is 0. The Morgan fingerprint density at radius 1 is 1.59 bits per heavy atom. The molecule has 0 aliphatic carbocycles. The predicted octanol–water partition coefficient (Wildman–Crippen LogP) is -0.00610. The lowest BCUT2D eigenvalue weighted by Gasteiger charge is -2.12. The fraction of sp³-hybridized carbons (Fsp3) is 0.538. The average Bonchev–Trinajstić information content (AvgIpc) is 3.04. The molecule has 3 N–H and O–H groups in total. The van der Waals surface area contributed by atoms with E-state index in [9.17, 15) is 14.7 Å². The van der Waals surface area contributed by atoms with Crippen LogP contribution in [0.25, 0.3) is 11.2 Å². The van der Waals surface area contributed by atoms with E-state index in [-0.39, 0.29) is 29.9 Å². The highest BCUT2D eigenvalue weighted by Gasteiger charge is 2.27. The number of carbonyl (C=O) groups excluding carboxylic acids is 1. The van der Waals surface area contributed by atoms with Crippen LogP contribution in [0, 0.1) is 5.92 Å². The monoisotopic (exact) mass is 307 g/mol. The lowest BCUT2D eigenvalue weighted by atomic mass is 10.2. The number of carbonyl (C=O) groups is 1. The minimum atomic E-state index is -0.551. The highest BCUT2D eigenvalue weighted by atomic mass is 16.5. The second kappa shape index (κ2) is 5.50. The number of H-pyrrole nitrogens is 1. The molecule has 2 aromatic heterocycles. The van der Waals surface area contributed by atoms with E-state index in [1.807, 2.05) is 0 Å². The van der Waals surface area contributed by atoms with Gasteiger partial charge in [-0.25, -0.2) is 4.98 Å². The van der Waals surface area contributed by atoms with Crippen LogP contribution >= 0.6 is 0 Å². The summed E-state index contributed by atoms with van der Waals surface area (Å²) in [5.41, 5.74) is 0.0239. The van der Waals surface area contributed by atoms with Crippen molar-refractivity contribution in [1.82, 2.24) is 19.5 Å². The van der Waals surface area contributed by atoms with Gasteiger partial charge in [0.25, 0.3) is 5.56 Å². The maximum Gasteiger partial charge on any atom is 0.280 e. The van der Waals surface area contributed by atoms with E-state index < -0.39 is 17.9 Å². The first-order valence-electron chi connectivity index (χ1n) is 7.03. The van der Waals surface area contributed by atoms with Gasteiger partial charge in [0.05, 0.1) is 19.0 Å². The van der Waals surface area contributed by atoms with E-state index in [1.165, 1.54) is 6.33 Å². The number of imidazole rings is 1. The molecule has 1 amide bonds. The van der Waals surface area contributed by atoms with Crippen LogP contribution in [0.15, 0.2) is 11.1 Å². The summed E-state index contributed by atoms with van der Waals surface area (Å²) in [6.45, 7) is 3.71. The third-order valence-electron chi connectivity index (χ3n) is 3.46. The van der Waals surface area contributed by atoms with Crippen LogP contribution in [-0.4, -0.2) is 43.2 Å². The number of anilines is 1. The molecule has 3 heterocycles. The molecule has 1 aliphatic heterocycles. The molecule has 1 fully saturated rings. The second-order valence-corrected chi connectivity index (χ2v) is 5.56. The van der Waals surface area contributed by atoms with Crippen LogP contribution in [0.4, 0.5) is 5.95 Å². The van der Waals surface area contributed by atoms with Gasteiger partial charge in [0.1, 0.15) is 6.23 Å². The lowest BCUT2D eigenvalue weighted by Crippen LogP contribution is -2.22. The van der Waals surface area contributed by atoms with Crippen molar-refractivity contribution in [3.63, 3.8) is 0 Å². The van der Waals surface area contributed by atoms with Crippen molar-refractivity contribution in [2.24, 2.45) is 5.92 Å². The number of fused-ring (bicyclic) bond motifs is 1. The number of nitrogens with one attached hydrogen (secondary N) is 2. The molecule has 0 radical (unpaired) electrons. The third-order valence-corrected chi connectivity index (χ3v) is 3.46. The summed E-state index contributed by atoms with van der Waals surface area (Å²) < 4.78 is 7.04. The number of rotatable bonds is 3. The Balaban J connectivity index is 2.00. The van der Waals surface area contributed by atoms with Gasteiger partial charge in [-0.15, -0.1) is 0 Å². The maximum absolute atomic E-state index is 12.0. The Labute approximate surface area is 125 Å². The number of hydrogen-bond acceptors (Lipinski definition) is 6. The topological polar surface area (TPSA) is 122 Å². The van der Waals surface area contributed by atoms with Crippen molar-refractivity contribution < 1.29 is 14.6 Å². The number of hydrogen-bond donors (Lipinski definition) is 3. The van der Waals surface area contributed by atoms with Crippen LogP contribution in [-0.2, 0) is 9.53 Å². The van der Waals surface area contributed by atoms with Gasteiger partial charge in [-0.1, -0.05) is 13.8 Å². The predicted molar refractivity (Wildman–Crippen MR) is 77.2 cm³/mol. The Morgan fingerprint density at radius 3 is 3.00 bits per heavy atom. The molecule has 22 heavy (non-hydrogen) atoms. The number of aliphatic hydroxyl groups excluding tert-OH is 1. The maximum atomic E-state index is 12.0. The summed E-state index contributed by atoms with van der Waals surface area (Å²) in [7, 11) is 0. The highest BCUT2D eigenvalue weighted by molar-refractivity contribution is 5.91. The summed E-state index contributed by atoms with van der Waals surface area (Å²) in [6.07, 6.45) is 0.865. The van der Waals surface area contributed by atoms with Crippen LogP contribution in [0.5, 0.6) is 0 Å². The fourth-order valence-electron chi connectivity index (χ4n) is 2.24. The average molecular weight is 307 g/mol. The number of aromatic amines is 1. The van der Waals surface area contributed by atoms with Crippen molar-refractivity contribution in [3.8, 4) is 0 Å². The highest BCUT2D eigenvalue weighted by Crippen LogP contribution is 2.25. The molecule has 0 saturated carbocycles. The van der Waals surface area contributed by atoms with Crippen LogP contribution in [0.1, 0.15) is 26.5 Å². The Hall–Kier alpha value is -2.26. The fourth-order valence-corrected chi connectivity index (χ4v) is 2.24. The van der Waals surface area contributed by atoms with Crippen molar-refractivity contribution in [3.05, 3.63) is 16.7 Å². The molecule has 9 nitrogen and oxygen atoms in total. The molecule has 9 heteroatoms. The molecular weight excluding hydrogens is 290 g/mol. The molecule has 1 saturated heterocycles. The van der Waals surface area contributed by atoms with E-state index in [2.05, 4.69) is 20.3 Å². The smallest absolute Gasteiger partial charge is 0.280 e. The molecule has 2 unspecified atom stereocenters. The number of nitrogens with zero attached hydrogens (tertiary/aromatic N) is 3. The second-order valence-electron chi connectivity index (χ2n) is 5.56. The van der Waals surface area contributed by atoms with Gasteiger partial charge in [-0.3, -0.25) is 24.5 Å². The first-order chi connectivity index (χ1) is 10.5. The number of aromatic nitrogens is 4. The van der Waals surface area contributed by atoms with Crippen molar-refractivity contribution >= 4 is 23.0 Å². The van der Waals surface area contributed by atoms with Crippen molar-refractivity contribution in [2.45, 2.75) is 32.6 Å². The van der Waals surface area contributed by atoms with Crippen molar-refractivity contribution in [2.75, 3.05) is 11.9 Å². The molecule has 0 bridgehead atoms. The lowest BCUT2D eigenvalue weighted by molar-refractivity contribution is -0.118. The van der Waals surface area contributed by atoms with Gasteiger partial charge in [-0.2, -0.15) is 4.98 Å². The molecule has 0 aromatic carbocycles. The largest absolute Gasteiger partial charge is 0.391 e. The van der Waals surface area contributed by atoms with E-state index in [0.717, 1.165) is 0 Å². The van der Waals surface area contributed by atoms with E-state index in [1.54, 1.807) is 18.4 Å². The van der Waals surface area contributed by atoms with Gasteiger partial charge in [0.15, 0.2) is 11.2 Å². The molecule has 118 valence electrons. The van der Waals surface area contributed by atoms with Gasteiger partial charge in [-0.05, 0) is 0 Å². The molecule has 3 rings (SSSR count). The number of amides is 1. The number of aliphatic hydroxyl groups is 1. The zero-order valence-corrected chi connectivity index (χ0v) is 12.2. The normalized spacial score (nSPS) is 21.6. The van der Waals surface area contributed by atoms with Crippen LogP contribution in [0.3, 0.4) is 0 Å². The minimum Gasteiger partial charge on any atom is -0.391 e. The first kappa shape index (κ1) is 14.7. The SMILES string of the molecule is CC(C)C(=O)Nc1nc2c(ncn2C2CC(O)CO2)c(=O)[nH]1. The van der Waals surface area contributed by atoms with E-state index in [4.69, 9.17) is 4.74 Å². The third kappa shape index (κ3) is 2.60. The van der Waals surface area contributed by atoms with Crippen LogP contribution < -0.4 is 10.9 Å².